The normalized spacial score (nSPS) is 27.4. The maximum absolute atomic E-state index is 9.26. The van der Waals surface area contributed by atoms with Gasteiger partial charge in [0.25, 0.3) is 0 Å². The number of phenolic OH excluding ortho intramolecular Hbond substituents is 1. The summed E-state index contributed by atoms with van der Waals surface area (Å²) in [6, 6.07) is 7.16. The minimum Gasteiger partial charge on any atom is -0.508 e. The fourth-order valence-corrected chi connectivity index (χ4v) is 2.48. The number of phenols is 1. The summed E-state index contributed by atoms with van der Waals surface area (Å²) in [5, 5.41) is 12.6. The second-order valence-electron chi connectivity index (χ2n) is 4.67. The van der Waals surface area contributed by atoms with Gasteiger partial charge >= 0.3 is 0 Å². The van der Waals surface area contributed by atoms with Crippen molar-refractivity contribution in [2.75, 3.05) is 19.7 Å². The molecule has 1 aromatic rings. The van der Waals surface area contributed by atoms with E-state index in [1.807, 2.05) is 12.1 Å². The minimum atomic E-state index is -0.381. The first-order valence-electron chi connectivity index (χ1n) is 6.09. The Morgan fingerprint density at radius 2 is 1.88 bits per heavy atom. The molecule has 0 radical (unpaired) electrons. The highest BCUT2D eigenvalue weighted by Crippen LogP contribution is 2.38. The smallest absolute Gasteiger partial charge is 0.171 e. The van der Waals surface area contributed by atoms with Crippen LogP contribution >= 0.6 is 0 Å². The standard InChI is InChI=1S/C13H17NO3/c15-11-3-1-10(2-4-11)12-9-16-13(17-12)5-7-14-8-6-13/h1-4,12,14-15H,5-9H2. The number of hydrogen-bond donors (Lipinski definition) is 2. The van der Waals surface area contributed by atoms with Gasteiger partial charge in [-0.1, -0.05) is 12.1 Å². The van der Waals surface area contributed by atoms with Crippen molar-refractivity contribution in [3.8, 4) is 5.75 Å². The van der Waals surface area contributed by atoms with Crippen LogP contribution in [-0.2, 0) is 9.47 Å². The maximum Gasteiger partial charge on any atom is 0.171 e. The van der Waals surface area contributed by atoms with Crippen molar-refractivity contribution >= 4 is 0 Å². The fraction of sp³-hybridized carbons (Fsp3) is 0.538. The number of aromatic hydroxyl groups is 1. The van der Waals surface area contributed by atoms with Crippen molar-refractivity contribution in [1.29, 1.82) is 0 Å². The Balaban J connectivity index is 1.72. The zero-order valence-corrected chi connectivity index (χ0v) is 9.69. The van der Waals surface area contributed by atoms with E-state index < -0.39 is 0 Å². The third kappa shape index (κ3) is 2.16. The Labute approximate surface area is 101 Å². The lowest BCUT2D eigenvalue weighted by molar-refractivity contribution is -0.183. The average molecular weight is 235 g/mol. The third-order valence-electron chi connectivity index (χ3n) is 3.49. The summed E-state index contributed by atoms with van der Waals surface area (Å²) < 4.78 is 11.9. The quantitative estimate of drug-likeness (QED) is 0.775. The molecule has 0 aliphatic carbocycles. The van der Waals surface area contributed by atoms with Gasteiger partial charge in [-0.05, 0) is 17.7 Å². The first-order chi connectivity index (χ1) is 8.27. The van der Waals surface area contributed by atoms with Crippen molar-refractivity contribution in [1.82, 2.24) is 5.32 Å². The van der Waals surface area contributed by atoms with Gasteiger partial charge in [-0.25, -0.2) is 0 Å². The molecule has 2 aliphatic heterocycles. The topological polar surface area (TPSA) is 50.7 Å². The van der Waals surface area contributed by atoms with E-state index in [0.29, 0.717) is 6.61 Å². The molecule has 17 heavy (non-hydrogen) atoms. The highest BCUT2D eigenvalue weighted by molar-refractivity contribution is 5.27. The zero-order chi connectivity index (χ0) is 11.7. The molecule has 2 N–H and O–H groups in total. The molecule has 4 nitrogen and oxygen atoms in total. The lowest BCUT2D eigenvalue weighted by atomic mass is 10.1. The molecule has 2 fully saturated rings. The van der Waals surface area contributed by atoms with Crippen molar-refractivity contribution in [3.05, 3.63) is 29.8 Å². The largest absolute Gasteiger partial charge is 0.508 e. The number of nitrogens with one attached hydrogen (secondary N) is 1. The summed E-state index contributed by atoms with van der Waals surface area (Å²) in [6.07, 6.45) is 1.80. The van der Waals surface area contributed by atoms with Crippen LogP contribution in [0.3, 0.4) is 0 Å². The highest BCUT2D eigenvalue weighted by Gasteiger charge is 2.42. The van der Waals surface area contributed by atoms with Gasteiger partial charge in [-0.2, -0.15) is 0 Å². The molecule has 0 bridgehead atoms. The number of hydrogen-bond acceptors (Lipinski definition) is 4. The van der Waals surface area contributed by atoms with Gasteiger partial charge in [-0.15, -0.1) is 0 Å². The number of ether oxygens (including phenoxy) is 2. The van der Waals surface area contributed by atoms with Crippen LogP contribution in [0.15, 0.2) is 24.3 Å². The average Bonchev–Trinajstić information content (AvgIpc) is 2.75. The van der Waals surface area contributed by atoms with Crippen LogP contribution in [0.1, 0.15) is 24.5 Å². The Kier molecular flexibility index (Phi) is 2.78. The van der Waals surface area contributed by atoms with Crippen LogP contribution in [0.4, 0.5) is 0 Å². The molecule has 1 spiro atoms. The van der Waals surface area contributed by atoms with Gasteiger partial charge < -0.3 is 19.9 Å². The molecule has 0 saturated carbocycles. The van der Waals surface area contributed by atoms with Crippen LogP contribution in [-0.4, -0.2) is 30.6 Å². The van der Waals surface area contributed by atoms with Crippen LogP contribution in [0.2, 0.25) is 0 Å². The molecule has 2 aliphatic rings. The van der Waals surface area contributed by atoms with E-state index >= 15 is 0 Å². The number of benzene rings is 1. The molecule has 0 amide bonds. The Bertz CT molecular complexity index is 384. The Hall–Kier alpha value is -1.10. The first-order valence-corrected chi connectivity index (χ1v) is 6.09. The van der Waals surface area contributed by atoms with Gasteiger partial charge in [0, 0.05) is 25.9 Å². The molecule has 3 rings (SSSR count). The van der Waals surface area contributed by atoms with E-state index in [9.17, 15) is 5.11 Å². The molecular formula is C13H17NO3. The van der Waals surface area contributed by atoms with Crippen LogP contribution < -0.4 is 5.32 Å². The van der Waals surface area contributed by atoms with E-state index in [0.717, 1.165) is 31.5 Å². The van der Waals surface area contributed by atoms with Crippen LogP contribution in [0.5, 0.6) is 5.75 Å². The molecule has 1 aromatic carbocycles. The second-order valence-corrected chi connectivity index (χ2v) is 4.67. The van der Waals surface area contributed by atoms with Gasteiger partial charge in [0.15, 0.2) is 5.79 Å². The summed E-state index contributed by atoms with van der Waals surface area (Å²) >= 11 is 0. The van der Waals surface area contributed by atoms with Gasteiger partial charge in [0.2, 0.25) is 0 Å². The van der Waals surface area contributed by atoms with Crippen molar-refractivity contribution in [3.63, 3.8) is 0 Å². The van der Waals surface area contributed by atoms with E-state index in [1.54, 1.807) is 12.1 Å². The molecule has 2 heterocycles. The number of rotatable bonds is 1. The summed E-state index contributed by atoms with van der Waals surface area (Å²) in [5.41, 5.74) is 1.07. The SMILES string of the molecule is Oc1ccc(C2COC3(CCNCC3)O2)cc1. The lowest BCUT2D eigenvalue weighted by Gasteiger charge is -2.32. The fourth-order valence-electron chi connectivity index (χ4n) is 2.48. The van der Waals surface area contributed by atoms with Crippen molar-refractivity contribution in [2.45, 2.75) is 24.7 Å². The van der Waals surface area contributed by atoms with Gasteiger partial charge in [0.1, 0.15) is 11.9 Å². The molecule has 2 saturated heterocycles. The zero-order valence-electron chi connectivity index (χ0n) is 9.69. The number of piperidine rings is 1. The molecule has 1 unspecified atom stereocenters. The second kappa shape index (κ2) is 4.29. The molecule has 0 aromatic heterocycles. The third-order valence-corrected chi connectivity index (χ3v) is 3.49. The molecule has 4 heteroatoms. The van der Waals surface area contributed by atoms with Crippen LogP contribution in [0.25, 0.3) is 0 Å². The molecule has 92 valence electrons. The summed E-state index contributed by atoms with van der Waals surface area (Å²) in [4.78, 5) is 0. The van der Waals surface area contributed by atoms with E-state index in [1.165, 1.54) is 0 Å². The Morgan fingerprint density at radius 3 is 2.59 bits per heavy atom. The molecular weight excluding hydrogens is 218 g/mol. The van der Waals surface area contributed by atoms with E-state index in [2.05, 4.69) is 5.32 Å². The van der Waals surface area contributed by atoms with Crippen molar-refractivity contribution < 1.29 is 14.6 Å². The monoisotopic (exact) mass is 235 g/mol. The lowest BCUT2D eigenvalue weighted by Crippen LogP contribution is -2.42. The van der Waals surface area contributed by atoms with Gasteiger partial charge in [-0.3, -0.25) is 0 Å². The summed E-state index contributed by atoms with van der Waals surface area (Å²) in [6.45, 7) is 2.50. The van der Waals surface area contributed by atoms with E-state index in [-0.39, 0.29) is 17.6 Å². The summed E-state index contributed by atoms with van der Waals surface area (Å²) in [5.74, 6) is -0.0994. The predicted molar refractivity (Wildman–Crippen MR) is 62.7 cm³/mol. The highest BCUT2D eigenvalue weighted by atomic mass is 16.7. The molecule has 1 atom stereocenters. The maximum atomic E-state index is 9.26. The van der Waals surface area contributed by atoms with Crippen LogP contribution in [0, 0.1) is 0 Å². The predicted octanol–water partition coefficient (Wildman–Crippen LogP) is 1.56. The Morgan fingerprint density at radius 1 is 1.18 bits per heavy atom. The minimum absolute atomic E-state index is 0.00583. The van der Waals surface area contributed by atoms with Crippen molar-refractivity contribution in [2.24, 2.45) is 0 Å². The first kappa shape index (κ1) is 11.0. The summed E-state index contributed by atoms with van der Waals surface area (Å²) in [7, 11) is 0. The van der Waals surface area contributed by atoms with Gasteiger partial charge in [0.05, 0.1) is 6.61 Å². The van der Waals surface area contributed by atoms with E-state index in [4.69, 9.17) is 9.47 Å².